The van der Waals surface area contributed by atoms with Gasteiger partial charge in [-0.25, -0.2) is 0 Å². The van der Waals surface area contributed by atoms with E-state index in [9.17, 15) is 4.79 Å². The summed E-state index contributed by atoms with van der Waals surface area (Å²) < 4.78 is 10.4. The zero-order valence-corrected chi connectivity index (χ0v) is 14.3. The third-order valence-electron chi connectivity index (χ3n) is 3.02. The lowest BCUT2D eigenvalue weighted by atomic mass is 10.2. The molecule has 0 radical (unpaired) electrons. The molecule has 2 N–H and O–H groups in total. The Bertz CT molecular complexity index is 495. The van der Waals surface area contributed by atoms with Crippen LogP contribution in [0.15, 0.2) is 12.1 Å². The summed E-state index contributed by atoms with van der Waals surface area (Å²) in [5.74, 6) is 1.01. The van der Waals surface area contributed by atoms with Crippen LogP contribution in [0.3, 0.4) is 0 Å². The van der Waals surface area contributed by atoms with Gasteiger partial charge in [-0.1, -0.05) is 11.6 Å². The lowest BCUT2D eigenvalue weighted by molar-refractivity contribution is -0.119. The molecule has 0 atom stereocenters. The minimum absolute atomic E-state index is 0.0743. The summed E-state index contributed by atoms with van der Waals surface area (Å²) in [6, 6.07) is 3.36. The van der Waals surface area contributed by atoms with Crippen molar-refractivity contribution in [3.63, 3.8) is 0 Å². The van der Waals surface area contributed by atoms with Crippen LogP contribution in [0.25, 0.3) is 0 Å². The fourth-order valence-corrected chi connectivity index (χ4v) is 2.09. The van der Waals surface area contributed by atoms with Crippen LogP contribution in [-0.2, 0) is 4.79 Å². The Morgan fingerprint density at radius 2 is 1.91 bits per heavy atom. The first-order valence-corrected chi connectivity index (χ1v) is 7.42. The van der Waals surface area contributed by atoms with Gasteiger partial charge < -0.3 is 25.0 Å². The molecule has 124 valence electrons. The Morgan fingerprint density at radius 3 is 2.50 bits per heavy atom. The number of methoxy groups -OCH3 is 2. The number of hydrogen-bond acceptors (Lipinski definition) is 5. The summed E-state index contributed by atoms with van der Waals surface area (Å²) >= 11 is 6.04. The molecule has 22 heavy (non-hydrogen) atoms. The molecule has 1 aromatic rings. The van der Waals surface area contributed by atoms with Gasteiger partial charge in [0.1, 0.15) is 11.5 Å². The first-order valence-electron chi connectivity index (χ1n) is 7.04. The van der Waals surface area contributed by atoms with Crippen molar-refractivity contribution >= 4 is 23.2 Å². The van der Waals surface area contributed by atoms with Gasteiger partial charge in [0, 0.05) is 18.7 Å². The summed E-state index contributed by atoms with van der Waals surface area (Å²) in [7, 11) is 7.09. The number of amides is 1. The molecule has 1 amide bonds. The van der Waals surface area contributed by atoms with Crippen LogP contribution in [0.5, 0.6) is 11.5 Å². The van der Waals surface area contributed by atoms with E-state index in [1.165, 1.54) is 7.11 Å². The fourth-order valence-electron chi connectivity index (χ4n) is 1.86. The van der Waals surface area contributed by atoms with E-state index in [1.807, 2.05) is 14.1 Å². The van der Waals surface area contributed by atoms with Gasteiger partial charge in [0.05, 0.1) is 31.5 Å². The van der Waals surface area contributed by atoms with E-state index < -0.39 is 0 Å². The van der Waals surface area contributed by atoms with Crippen LogP contribution < -0.4 is 20.1 Å². The molecule has 7 heteroatoms. The largest absolute Gasteiger partial charge is 0.495 e. The number of halogens is 1. The maximum Gasteiger partial charge on any atom is 0.239 e. The predicted molar refractivity (Wildman–Crippen MR) is 89.2 cm³/mol. The highest BCUT2D eigenvalue weighted by Gasteiger charge is 2.10. The van der Waals surface area contributed by atoms with Gasteiger partial charge in [0.2, 0.25) is 5.91 Å². The van der Waals surface area contributed by atoms with Crippen molar-refractivity contribution in [2.24, 2.45) is 0 Å². The van der Waals surface area contributed by atoms with E-state index in [0.29, 0.717) is 28.8 Å². The van der Waals surface area contributed by atoms with Gasteiger partial charge in [-0.3, -0.25) is 4.79 Å². The molecule has 0 saturated carbocycles. The summed E-state index contributed by atoms with van der Waals surface area (Å²) in [4.78, 5) is 13.9. The number of anilines is 1. The number of carbonyl (C=O) groups is 1. The zero-order chi connectivity index (χ0) is 16.5. The molecule has 0 bridgehead atoms. The SMILES string of the molecule is COc1cc(NCC(=O)NCCCN(C)C)c(OC)cc1Cl. The number of nitrogens with zero attached hydrogens (tertiary/aromatic N) is 1. The van der Waals surface area contributed by atoms with Crippen molar-refractivity contribution in [3.05, 3.63) is 17.2 Å². The highest BCUT2D eigenvalue weighted by Crippen LogP contribution is 2.35. The summed E-state index contributed by atoms with van der Waals surface area (Å²) in [5, 5.41) is 6.35. The molecule has 0 heterocycles. The quantitative estimate of drug-likeness (QED) is 0.677. The van der Waals surface area contributed by atoms with Crippen molar-refractivity contribution in [2.75, 3.05) is 53.3 Å². The monoisotopic (exact) mass is 329 g/mol. The normalized spacial score (nSPS) is 10.5. The van der Waals surface area contributed by atoms with E-state index >= 15 is 0 Å². The van der Waals surface area contributed by atoms with Crippen LogP contribution >= 0.6 is 11.6 Å². The molecular weight excluding hydrogens is 306 g/mol. The molecule has 0 fully saturated rings. The Balaban J connectivity index is 2.51. The fraction of sp³-hybridized carbons (Fsp3) is 0.533. The lowest BCUT2D eigenvalue weighted by Gasteiger charge is -2.14. The van der Waals surface area contributed by atoms with Crippen molar-refractivity contribution in [1.29, 1.82) is 0 Å². The highest BCUT2D eigenvalue weighted by atomic mass is 35.5. The van der Waals surface area contributed by atoms with E-state index in [1.54, 1.807) is 19.2 Å². The number of carbonyl (C=O) groups excluding carboxylic acids is 1. The zero-order valence-electron chi connectivity index (χ0n) is 13.5. The van der Waals surface area contributed by atoms with Gasteiger partial charge in [0.25, 0.3) is 0 Å². The standard InChI is InChI=1S/C15H24ClN3O3/c1-19(2)7-5-6-17-15(20)10-18-12-9-13(21-3)11(16)8-14(12)22-4/h8-9,18H,5-7,10H2,1-4H3,(H,17,20). The number of nitrogens with one attached hydrogen (secondary N) is 2. The van der Waals surface area contributed by atoms with Crippen LogP contribution in [0.1, 0.15) is 6.42 Å². The third kappa shape index (κ3) is 5.99. The third-order valence-corrected chi connectivity index (χ3v) is 3.31. The van der Waals surface area contributed by atoms with Crippen LogP contribution in [0.2, 0.25) is 5.02 Å². The maximum absolute atomic E-state index is 11.8. The number of benzene rings is 1. The van der Waals surface area contributed by atoms with Crippen LogP contribution in [-0.4, -0.2) is 58.8 Å². The Kier molecular flexibility index (Phi) is 7.84. The van der Waals surface area contributed by atoms with E-state index in [4.69, 9.17) is 21.1 Å². The molecule has 6 nitrogen and oxygen atoms in total. The average molecular weight is 330 g/mol. The van der Waals surface area contributed by atoms with Crippen molar-refractivity contribution < 1.29 is 14.3 Å². The topological polar surface area (TPSA) is 62.8 Å². The molecule has 0 saturated heterocycles. The molecule has 1 rings (SSSR count). The van der Waals surface area contributed by atoms with Crippen molar-refractivity contribution in [1.82, 2.24) is 10.2 Å². The Labute approximate surface area is 136 Å². The second-order valence-electron chi connectivity index (χ2n) is 5.05. The number of rotatable bonds is 9. The Morgan fingerprint density at radius 1 is 1.23 bits per heavy atom. The van der Waals surface area contributed by atoms with Gasteiger partial charge in [-0.15, -0.1) is 0 Å². The molecule has 0 aromatic heterocycles. The second-order valence-corrected chi connectivity index (χ2v) is 5.45. The predicted octanol–water partition coefficient (Wildman–Crippen LogP) is 1.84. The molecular formula is C15H24ClN3O3. The number of hydrogen-bond donors (Lipinski definition) is 2. The lowest BCUT2D eigenvalue weighted by Crippen LogP contribution is -2.32. The van der Waals surface area contributed by atoms with Crippen molar-refractivity contribution in [3.8, 4) is 11.5 Å². The van der Waals surface area contributed by atoms with Crippen LogP contribution in [0.4, 0.5) is 5.69 Å². The van der Waals surface area contributed by atoms with E-state index in [0.717, 1.165) is 13.0 Å². The number of ether oxygens (including phenoxy) is 2. The molecule has 0 spiro atoms. The maximum atomic E-state index is 11.8. The summed E-state index contributed by atoms with van der Waals surface area (Å²) in [6.07, 6.45) is 0.914. The van der Waals surface area contributed by atoms with E-state index in [-0.39, 0.29) is 12.5 Å². The Hall–Kier alpha value is -1.66. The minimum Gasteiger partial charge on any atom is -0.495 e. The molecule has 0 aliphatic carbocycles. The molecule has 1 aromatic carbocycles. The first kappa shape index (κ1) is 18.4. The van der Waals surface area contributed by atoms with Gasteiger partial charge in [-0.2, -0.15) is 0 Å². The molecule has 0 unspecified atom stereocenters. The molecule has 0 aliphatic heterocycles. The summed E-state index contributed by atoms with van der Waals surface area (Å²) in [6.45, 7) is 1.75. The van der Waals surface area contributed by atoms with Gasteiger partial charge in [0.15, 0.2) is 0 Å². The van der Waals surface area contributed by atoms with Gasteiger partial charge >= 0.3 is 0 Å². The molecule has 0 aliphatic rings. The summed E-state index contributed by atoms with van der Waals surface area (Å²) in [5.41, 5.74) is 0.659. The van der Waals surface area contributed by atoms with E-state index in [2.05, 4.69) is 15.5 Å². The average Bonchev–Trinajstić information content (AvgIpc) is 2.49. The van der Waals surface area contributed by atoms with Crippen LogP contribution in [0, 0.1) is 0 Å². The van der Waals surface area contributed by atoms with Gasteiger partial charge in [-0.05, 0) is 27.1 Å². The minimum atomic E-state index is -0.0743. The second kappa shape index (κ2) is 9.38. The van der Waals surface area contributed by atoms with Crippen molar-refractivity contribution in [2.45, 2.75) is 6.42 Å². The first-order chi connectivity index (χ1) is 10.5. The highest BCUT2D eigenvalue weighted by molar-refractivity contribution is 6.32. The smallest absolute Gasteiger partial charge is 0.239 e.